The highest BCUT2D eigenvalue weighted by molar-refractivity contribution is 5.33. The van der Waals surface area contributed by atoms with Crippen molar-refractivity contribution in [2.75, 3.05) is 6.54 Å². The van der Waals surface area contributed by atoms with Crippen LogP contribution in [0.2, 0.25) is 0 Å². The van der Waals surface area contributed by atoms with Crippen molar-refractivity contribution in [2.45, 2.75) is 13.5 Å². The molecular weight excluding hydrogens is 191 g/mol. The zero-order chi connectivity index (χ0) is 11.3. The van der Waals surface area contributed by atoms with E-state index < -0.39 is 0 Å². The van der Waals surface area contributed by atoms with Crippen LogP contribution in [-0.4, -0.2) is 6.54 Å². The molecule has 0 atom stereocenters. The molecule has 15 heavy (non-hydrogen) atoms. The minimum Gasteiger partial charge on any atom is -0.309 e. The predicted octanol–water partition coefficient (Wildman–Crippen LogP) is 2.36. The van der Waals surface area contributed by atoms with Gasteiger partial charge in [0.05, 0.1) is 11.6 Å². The highest BCUT2D eigenvalue weighted by Gasteiger charge is 2.02. The van der Waals surface area contributed by atoms with Crippen molar-refractivity contribution < 1.29 is 4.39 Å². The number of benzene rings is 1. The summed E-state index contributed by atoms with van der Waals surface area (Å²) < 4.78 is 13.3. The van der Waals surface area contributed by atoms with Crippen molar-refractivity contribution in [3.63, 3.8) is 0 Å². The van der Waals surface area contributed by atoms with Crippen LogP contribution < -0.4 is 5.32 Å². The molecule has 0 aliphatic rings. The molecule has 1 N–H and O–H groups in total. The lowest BCUT2D eigenvalue weighted by molar-refractivity contribution is 0.595. The first-order chi connectivity index (χ1) is 7.13. The van der Waals surface area contributed by atoms with E-state index >= 15 is 0 Å². The minimum atomic E-state index is -0.289. The highest BCUT2D eigenvalue weighted by atomic mass is 19.1. The molecule has 0 saturated heterocycles. The number of nitriles is 1. The maximum atomic E-state index is 13.3. The van der Waals surface area contributed by atoms with Crippen molar-refractivity contribution in [1.82, 2.24) is 5.32 Å². The van der Waals surface area contributed by atoms with E-state index in [0.29, 0.717) is 24.2 Å². The molecule has 78 valence electrons. The van der Waals surface area contributed by atoms with Crippen LogP contribution in [-0.2, 0) is 6.54 Å². The number of nitrogens with one attached hydrogen (secondary N) is 1. The summed E-state index contributed by atoms with van der Waals surface area (Å²) in [5.74, 6) is -0.289. The van der Waals surface area contributed by atoms with Gasteiger partial charge in [0.2, 0.25) is 0 Å². The van der Waals surface area contributed by atoms with Crippen LogP contribution >= 0.6 is 0 Å². The summed E-state index contributed by atoms with van der Waals surface area (Å²) in [6, 6.07) is 6.32. The van der Waals surface area contributed by atoms with Gasteiger partial charge in [0.15, 0.2) is 0 Å². The Balaban J connectivity index is 2.68. The molecule has 0 unspecified atom stereocenters. The SMILES string of the molecule is C=C(C)CNCc1cc(C#N)ccc1F. The third-order valence-corrected chi connectivity index (χ3v) is 1.92. The Labute approximate surface area is 89.0 Å². The predicted molar refractivity (Wildman–Crippen MR) is 57.6 cm³/mol. The highest BCUT2D eigenvalue weighted by Crippen LogP contribution is 2.09. The van der Waals surface area contributed by atoms with E-state index in [1.165, 1.54) is 12.1 Å². The molecule has 0 aliphatic heterocycles. The number of nitrogens with zero attached hydrogens (tertiary/aromatic N) is 1. The Bertz CT molecular complexity index is 405. The molecular formula is C12H13FN2. The zero-order valence-electron chi connectivity index (χ0n) is 8.68. The van der Waals surface area contributed by atoms with Crippen molar-refractivity contribution in [2.24, 2.45) is 0 Å². The van der Waals surface area contributed by atoms with Gasteiger partial charge in [0.25, 0.3) is 0 Å². The first kappa shape index (κ1) is 11.4. The van der Waals surface area contributed by atoms with Gasteiger partial charge in [-0.15, -0.1) is 0 Å². The van der Waals surface area contributed by atoms with Gasteiger partial charge < -0.3 is 5.32 Å². The largest absolute Gasteiger partial charge is 0.309 e. The number of hydrogen-bond acceptors (Lipinski definition) is 2. The Morgan fingerprint density at radius 1 is 1.60 bits per heavy atom. The number of rotatable bonds is 4. The Kier molecular flexibility index (Phi) is 4.02. The maximum absolute atomic E-state index is 13.3. The van der Waals surface area contributed by atoms with E-state index in [9.17, 15) is 4.39 Å². The lowest BCUT2D eigenvalue weighted by Gasteiger charge is -2.05. The van der Waals surface area contributed by atoms with Crippen molar-refractivity contribution in [3.8, 4) is 6.07 Å². The molecule has 0 spiro atoms. The van der Waals surface area contributed by atoms with Crippen LogP contribution in [0.25, 0.3) is 0 Å². The molecule has 0 bridgehead atoms. The van der Waals surface area contributed by atoms with Gasteiger partial charge in [0, 0.05) is 18.7 Å². The summed E-state index contributed by atoms with van der Waals surface area (Å²) in [5, 5.41) is 11.7. The van der Waals surface area contributed by atoms with Gasteiger partial charge in [-0.3, -0.25) is 0 Å². The monoisotopic (exact) mass is 204 g/mol. The zero-order valence-corrected chi connectivity index (χ0v) is 8.68. The molecule has 0 fully saturated rings. The summed E-state index contributed by atoms with van der Waals surface area (Å²) >= 11 is 0. The Morgan fingerprint density at radius 3 is 2.93 bits per heavy atom. The average Bonchev–Trinajstić information content (AvgIpc) is 2.20. The second kappa shape index (κ2) is 5.28. The van der Waals surface area contributed by atoms with E-state index in [-0.39, 0.29) is 5.82 Å². The van der Waals surface area contributed by atoms with Crippen LogP contribution in [0.5, 0.6) is 0 Å². The van der Waals surface area contributed by atoms with Gasteiger partial charge >= 0.3 is 0 Å². The number of hydrogen-bond donors (Lipinski definition) is 1. The molecule has 0 amide bonds. The molecule has 1 aromatic carbocycles. The summed E-state index contributed by atoms with van der Waals surface area (Å²) in [5.41, 5.74) is 1.98. The van der Waals surface area contributed by atoms with Gasteiger partial charge in [-0.1, -0.05) is 12.2 Å². The lowest BCUT2D eigenvalue weighted by Crippen LogP contribution is -2.16. The van der Waals surface area contributed by atoms with Gasteiger partial charge in [0.1, 0.15) is 5.82 Å². The van der Waals surface area contributed by atoms with E-state index in [2.05, 4.69) is 11.9 Å². The molecule has 0 aliphatic carbocycles. The fraction of sp³-hybridized carbons (Fsp3) is 0.250. The van der Waals surface area contributed by atoms with Crippen LogP contribution in [0.3, 0.4) is 0 Å². The summed E-state index contributed by atoms with van der Waals surface area (Å²) in [6.45, 7) is 6.69. The van der Waals surface area contributed by atoms with Crippen molar-refractivity contribution >= 4 is 0 Å². The third kappa shape index (κ3) is 3.53. The van der Waals surface area contributed by atoms with Crippen LogP contribution in [0, 0.1) is 17.1 Å². The van der Waals surface area contributed by atoms with Gasteiger partial charge in [-0.2, -0.15) is 5.26 Å². The second-order valence-electron chi connectivity index (χ2n) is 3.48. The minimum absolute atomic E-state index is 0.289. The molecule has 0 radical (unpaired) electrons. The van der Waals surface area contributed by atoms with Crippen LogP contribution in [0.1, 0.15) is 18.1 Å². The first-order valence-electron chi connectivity index (χ1n) is 4.67. The molecule has 1 aromatic rings. The topological polar surface area (TPSA) is 35.8 Å². The van der Waals surface area contributed by atoms with E-state index in [4.69, 9.17) is 5.26 Å². The molecule has 3 heteroatoms. The van der Waals surface area contributed by atoms with E-state index in [1.807, 2.05) is 13.0 Å². The van der Waals surface area contributed by atoms with E-state index in [1.54, 1.807) is 6.07 Å². The standard InChI is InChI=1S/C12H13FN2/c1-9(2)7-15-8-11-5-10(6-14)3-4-12(11)13/h3-5,15H,1,7-8H2,2H3. The summed E-state index contributed by atoms with van der Waals surface area (Å²) in [7, 11) is 0. The Hall–Kier alpha value is -1.66. The van der Waals surface area contributed by atoms with Crippen LogP contribution in [0.15, 0.2) is 30.4 Å². The molecule has 1 rings (SSSR count). The average molecular weight is 204 g/mol. The third-order valence-electron chi connectivity index (χ3n) is 1.92. The maximum Gasteiger partial charge on any atom is 0.127 e. The fourth-order valence-corrected chi connectivity index (χ4v) is 1.19. The van der Waals surface area contributed by atoms with Crippen molar-refractivity contribution in [3.05, 3.63) is 47.3 Å². The summed E-state index contributed by atoms with van der Waals surface area (Å²) in [4.78, 5) is 0. The van der Waals surface area contributed by atoms with Crippen molar-refractivity contribution in [1.29, 1.82) is 5.26 Å². The lowest BCUT2D eigenvalue weighted by atomic mass is 10.1. The quantitative estimate of drug-likeness (QED) is 0.764. The van der Waals surface area contributed by atoms with Gasteiger partial charge in [-0.25, -0.2) is 4.39 Å². The van der Waals surface area contributed by atoms with Gasteiger partial charge in [-0.05, 0) is 25.1 Å². The van der Waals surface area contributed by atoms with E-state index in [0.717, 1.165) is 5.57 Å². The first-order valence-corrected chi connectivity index (χ1v) is 4.67. The fourth-order valence-electron chi connectivity index (χ4n) is 1.19. The summed E-state index contributed by atoms with van der Waals surface area (Å²) in [6.07, 6.45) is 0. The normalized spacial score (nSPS) is 9.67. The van der Waals surface area contributed by atoms with Crippen LogP contribution in [0.4, 0.5) is 4.39 Å². The molecule has 0 aromatic heterocycles. The molecule has 0 saturated carbocycles. The smallest absolute Gasteiger partial charge is 0.127 e. The molecule has 2 nitrogen and oxygen atoms in total. The molecule has 0 heterocycles. The second-order valence-corrected chi connectivity index (χ2v) is 3.48. The Morgan fingerprint density at radius 2 is 2.33 bits per heavy atom. The number of halogens is 1.